The Labute approximate surface area is 195 Å². The van der Waals surface area contributed by atoms with Crippen molar-refractivity contribution >= 4 is 38.7 Å². The number of rotatable bonds is 6. The average Bonchev–Trinajstić information content (AvgIpc) is 3.40. The first-order valence-electron chi connectivity index (χ1n) is 9.59. The van der Waals surface area contributed by atoms with Gasteiger partial charge in [0.25, 0.3) is 15.7 Å². The Morgan fingerprint density at radius 2 is 1.91 bits per heavy atom. The van der Waals surface area contributed by atoms with Gasteiger partial charge < -0.3 is 5.32 Å². The summed E-state index contributed by atoms with van der Waals surface area (Å²) in [5, 5.41) is 4.89. The molecule has 1 fully saturated rings. The van der Waals surface area contributed by atoms with Crippen LogP contribution >= 0.6 is 22.9 Å². The van der Waals surface area contributed by atoms with Gasteiger partial charge in [-0.25, -0.2) is 17.8 Å². The molecule has 0 unspecified atom stereocenters. The summed E-state index contributed by atoms with van der Waals surface area (Å²) in [6.45, 7) is 0. The molecule has 0 spiro atoms. The van der Waals surface area contributed by atoms with E-state index in [9.17, 15) is 30.8 Å². The lowest BCUT2D eigenvalue weighted by Crippen LogP contribution is -2.26. The summed E-state index contributed by atoms with van der Waals surface area (Å²) in [6, 6.07) is 7.92. The van der Waals surface area contributed by atoms with Gasteiger partial charge in [-0.2, -0.15) is 13.2 Å². The molecule has 1 N–H and O–H groups in total. The summed E-state index contributed by atoms with van der Waals surface area (Å²) in [7, 11) is -5.33. The highest BCUT2D eigenvalue weighted by Gasteiger charge is 2.45. The topological polar surface area (TPSA) is 76.1 Å². The number of sulfone groups is 1. The van der Waals surface area contributed by atoms with E-state index < -0.39 is 32.8 Å². The Hall–Kier alpha value is -2.50. The van der Waals surface area contributed by atoms with Gasteiger partial charge in [-0.15, -0.1) is 11.3 Å². The number of hydrogen-bond acceptors (Lipinski definition) is 5. The van der Waals surface area contributed by atoms with Gasteiger partial charge in [0.15, 0.2) is 0 Å². The second kappa shape index (κ2) is 8.69. The number of nitrogens with zero attached hydrogens (tertiary/aromatic N) is 1. The van der Waals surface area contributed by atoms with Crippen LogP contribution in [0.3, 0.4) is 0 Å². The molecular formula is C21H15ClF4N2O3S2. The quantitative estimate of drug-likeness (QED) is 0.431. The molecule has 174 valence electrons. The van der Waals surface area contributed by atoms with E-state index in [1.54, 1.807) is 5.38 Å². The second-order valence-corrected chi connectivity index (χ2v) is 10.7. The molecule has 3 aromatic rings. The molecule has 12 heteroatoms. The second-order valence-electron chi connectivity index (χ2n) is 7.50. The van der Waals surface area contributed by atoms with Crippen LogP contribution in [0.25, 0.3) is 21.8 Å². The molecule has 2 aromatic carbocycles. The van der Waals surface area contributed by atoms with Gasteiger partial charge in [0.2, 0.25) is 0 Å². The Balaban J connectivity index is 1.58. The number of aromatic nitrogens is 1. The van der Waals surface area contributed by atoms with Gasteiger partial charge in [-0.05, 0) is 42.7 Å². The Morgan fingerprint density at radius 1 is 1.18 bits per heavy atom. The zero-order valence-corrected chi connectivity index (χ0v) is 19.0. The predicted molar refractivity (Wildman–Crippen MR) is 117 cm³/mol. The SMILES string of the molecule is O=C(NC1CC1)c1cc(-c2nc(-c3ccc(CS(=O)(=O)C(F)(F)F)cc3Cl)cs2)ccc1F. The number of alkyl halides is 3. The maximum atomic E-state index is 14.2. The van der Waals surface area contributed by atoms with Crippen LogP contribution in [0.5, 0.6) is 0 Å². The molecule has 1 aliphatic carbocycles. The summed E-state index contributed by atoms with van der Waals surface area (Å²) in [4.78, 5) is 16.7. The smallest absolute Gasteiger partial charge is 0.349 e. The third kappa shape index (κ3) is 5.20. The number of thiazole rings is 1. The van der Waals surface area contributed by atoms with Gasteiger partial charge in [-0.3, -0.25) is 4.79 Å². The molecule has 1 aliphatic rings. The molecule has 33 heavy (non-hydrogen) atoms. The first-order valence-corrected chi connectivity index (χ1v) is 12.5. The molecule has 0 saturated heterocycles. The number of carbonyl (C=O) groups is 1. The van der Waals surface area contributed by atoms with Crippen molar-refractivity contribution in [2.45, 2.75) is 30.1 Å². The van der Waals surface area contributed by atoms with E-state index in [4.69, 9.17) is 11.6 Å². The number of halogens is 5. The molecular weight excluding hydrogens is 504 g/mol. The summed E-state index contributed by atoms with van der Waals surface area (Å²) in [5.41, 5.74) is -4.26. The fourth-order valence-electron chi connectivity index (χ4n) is 3.01. The van der Waals surface area contributed by atoms with Gasteiger partial charge in [0, 0.05) is 22.5 Å². The number of carbonyl (C=O) groups excluding carboxylic acids is 1. The lowest BCUT2D eigenvalue weighted by Gasteiger charge is -2.09. The fourth-order valence-corrected chi connectivity index (χ4v) is 4.91. The van der Waals surface area contributed by atoms with Crippen molar-refractivity contribution in [2.75, 3.05) is 0 Å². The van der Waals surface area contributed by atoms with Crippen LogP contribution in [0, 0.1) is 5.82 Å². The Morgan fingerprint density at radius 3 is 2.55 bits per heavy atom. The molecule has 0 aliphatic heterocycles. The molecule has 0 radical (unpaired) electrons. The summed E-state index contributed by atoms with van der Waals surface area (Å²) >= 11 is 7.40. The molecule has 0 bridgehead atoms. The zero-order chi connectivity index (χ0) is 24.0. The average molecular weight is 519 g/mol. The summed E-state index contributed by atoms with van der Waals surface area (Å²) in [5.74, 6) is -2.37. The third-order valence-corrected chi connectivity index (χ3v) is 7.52. The minimum Gasteiger partial charge on any atom is -0.349 e. The van der Waals surface area contributed by atoms with E-state index in [1.807, 2.05) is 0 Å². The zero-order valence-electron chi connectivity index (χ0n) is 16.6. The third-order valence-electron chi connectivity index (χ3n) is 4.89. The van der Waals surface area contributed by atoms with E-state index in [-0.39, 0.29) is 22.2 Å². The maximum Gasteiger partial charge on any atom is 0.497 e. The molecule has 1 amide bonds. The van der Waals surface area contributed by atoms with Crippen molar-refractivity contribution in [3.8, 4) is 21.8 Å². The standard InChI is InChI=1S/C21H15ClF4N2O3S2/c22-16-7-11(10-33(30,31)21(24,25)26)1-5-14(16)18-9-32-20(28-18)12-2-6-17(23)15(8-12)19(29)27-13-3-4-13/h1-2,5-9,13H,3-4,10H2,(H,27,29). The molecule has 1 aromatic heterocycles. The van der Waals surface area contributed by atoms with Crippen molar-refractivity contribution < 1.29 is 30.8 Å². The van der Waals surface area contributed by atoms with Crippen molar-refractivity contribution in [3.05, 3.63) is 63.7 Å². The molecule has 5 nitrogen and oxygen atoms in total. The van der Waals surface area contributed by atoms with E-state index in [1.165, 1.54) is 41.7 Å². The first kappa shape index (κ1) is 23.7. The van der Waals surface area contributed by atoms with Crippen LogP contribution in [0.4, 0.5) is 17.6 Å². The number of benzene rings is 2. The first-order chi connectivity index (χ1) is 15.4. The number of nitrogens with one attached hydrogen (secondary N) is 1. The van der Waals surface area contributed by atoms with Gasteiger partial charge >= 0.3 is 5.51 Å². The van der Waals surface area contributed by atoms with E-state index in [2.05, 4.69) is 10.3 Å². The van der Waals surface area contributed by atoms with Gasteiger partial charge in [0.05, 0.1) is 22.0 Å². The Kier molecular flexibility index (Phi) is 6.23. The minimum absolute atomic E-state index is 0.0327. The van der Waals surface area contributed by atoms with Crippen molar-refractivity contribution in [3.63, 3.8) is 0 Å². The summed E-state index contributed by atoms with van der Waals surface area (Å²) < 4.78 is 74.8. The lowest BCUT2D eigenvalue weighted by atomic mass is 10.1. The predicted octanol–water partition coefficient (Wildman–Crippen LogP) is 5.60. The molecule has 1 saturated carbocycles. The van der Waals surface area contributed by atoms with Crippen molar-refractivity contribution in [1.29, 1.82) is 0 Å². The van der Waals surface area contributed by atoms with Crippen LogP contribution in [0.1, 0.15) is 28.8 Å². The van der Waals surface area contributed by atoms with Crippen LogP contribution < -0.4 is 5.32 Å². The molecule has 0 atom stereocenters. The van der Waals surface area contributed by atoms with Crippen LogP contribution in [-0.4, -0.2) is 30.9 Å². The van der Waals surface area contributed by atoms with Crippen LogP contribution in [-0.2, 0) is 15.6 Å². The van der Waals surface area contributed by atoms with Gasteiger partial charge in [-0.1, -0.05) is 23.7 Å². The lowest BCUT2D eigenvalue weighted by molar-refractivity contribution is -0.0437. The van der Waals surface area contributed by atoms with Crippen LogP contribution in [0.15, 0.2) is 41.8 Å². The number of amides is 1. The monoisotopic (exact) mass is 518 g/mol. The largest absolute Gasteiger partial charge is 0.497 e. The highest BCUT2D eigenvalue weighted by atomic mass is 35.5. The van der Waals surface area contributed by atoms with Crippen molar-refractivity contribution in [2.24, 2.45) is 0 Å². The fraction of sp³-hybridized carbons (Fsp3) is 0.238. The van der Waals surface area contributed by atoms with E-state index in [0.29, 0.717) is 21.8 Å². The highest BCUT2D eigenvalue weighted by molar-refractivity contribution is 7.91. The van der Waals surface area contributed by atoms with E-state index in [0.717, 1.165) is 18.9 Å². The highest BCUT2D eigenvalue weighted by Crippen LogP contribution is 2.35. The molecule has 1 heterocycles. The van der Waals surface area contributed by atoms with E-state index >= 15 is 0 Å². The van der Waals surface area contributed by atoms with Gasteiger partial charge in [0.1, 0.15) is 10.8 Å². The van der Waals surface area contributed by atoms with Crippen molar-refractivity contribution in [1.82, 2.24) is 10.3 Å². The normalized spacial score (nSPS) is 14.3. The molecule has 4 rings (SSSR count). The maximum absolute atomic E-state index is 14.2. The minimum atomic E-state index is -5.36. The number of hydrogen-bond donors (Lipinski definition) is 1. The Bertz CT molecular complexity index is 1340. The summed E-state index contributed by atoms with van der Waals surface area (Å²) in [6.07, 6.45) is 1.73. The van der Waals surface area contributed by atoms with Crippen LogP contribution in [0.2, 0.25) is 5.02 Å².